The van der Waals surface area contributed by atoms with Gasteiger partial charge in [-0.3, -0.25) is 0 Å². The summed E-state index contributed by atoms with van der Waals surface area (Å²) in [5.74, 6) is 0. The summed E-state index contributed by atoms with van der Waals surface area (Å²) in [7, 11) is -10.9. The van der Waals surface area contributed by atoms with Gasteiger partial charge in [-0.15, -0.1) is 0 Å². The first-order valence-corrected chi connectivity index (χ1v) is 5.51. The predicted molar refractivity (Wildman–Crippen MR) is 19.3 cm³/mol. The second-order valence-corrected chi connectivity index (χ2v) is 2.25. The summed E-state index contributed by atoms with van der Waals surface area (Å²) in [6.07, 6.45) is 0. The van der Waals surface area contributed by atoms with Crippen LogP contribution >= 0.6 is 0 Å². The summed E-state index contributed by atoms with van der Waals surface area (Å²) in [5, 5.41) is 0. The van der Waals surface area contributed by atoms with Gasteiger partial charge in [0.2, 0.25) is 0 Å². The van der Waals surface area contributed by atoms with Crippen molar-refractivity contribution in [1.29, 1.82) is 0 Å². The molecule has 0 amide bonds. The van der Waals surface area contributed by atoms with Crippen molar-refractivity contribution in [2.75, 3.05) is 0 Å². The van der Waals surface area contributed by atoms with E-state index < -0.39 is 27.5 Å². The Labute approximate surface area is 153 Å². The van der Waals surface area contributed by atoms with E-state index in [1.807, 2.05) is 0 Å². The Bertz CT molecular complexity index is 121. The molecule has 72 valence electrons. The molecule has 0 saturated carbocycles. The van der Waals surface area contributed by atoms with E-state index in [9.17, 15) is 0 Å². The molecule has 0 aromatic heterocycles. The van der Waals surface area contributed by atoms with Crippen LogP contribution in [0.3, 0.4) is 0 Å². The zero-order valence-corrected chi connectivity index (χ0v) is 17.1. The summed E-state index contributed by atoms with van der Waals surface area (Å²) in [6.45, 7) is 0. The predicted octanol–water partition coefficient (Wildman–Crippen LogP) is -14.6. The Balaban J connectivity index is -0.0000000184. The monoisotopic (exact) mass is 364 g/mol. The molecule has 0 spiro atoms. The van der Waals surface area contributed by atoms with Gasteiger partial charge in [-0.2, -0.15) is 0 Å². The third kappa shape index (κ3) is 987. The zero-order valence-electron chi connectivity index (χ0n) is 7.67. The van der Waals surface area contributed by atoms with Crippen LogP contribution in [0.15, 0.2) is 0 Å². The van der Waals surface area contributed by atoms with Gasteiger partial charge in [0, 0.05) is 27.5 Å². The van der Waals surface area contributed by atoms with Crippen LogP contribution in [0.1, 0.15) is 0 Å². The molecule has 0 radical (unpaired) electrons. The second kappa shape index (κ2) is 29.6. The van der Waals surface area contributed by atoms with Crippen molar-refractivity contribution in [3.63, 3.8) is 0 Å². The number of hydrogen-bond acceptors (Lipinski definition) is 9. The van der Waals surface area contributed by atoms with Gasteiger partial charge in [0.05, 0.1) is 0 Å². The molecule has 15 heteroatoms. The van der Waals surface area contributed by atoms with E-state index in [1.54, 1.807) is 0 Å². The fraction of sp³-hybridized carbons (Fsp3) is 0. The molecular weight excluding hydrogens is 365 g/mol. The van der Waals surface area contributed by atoms with Crippen molar-refractivity contribution >= 4 is 27.5 Å². The van der Waals surface area contributed by atoms with Crippen LogP contribution < -0.4 is 87.9 Å². The summed E-state index contributed by atoms with van der Waals surface area (Å²) < 4.78 is 25.6. The number of hydrogen-bond donors (Lipinski definition) is 0. The largest absolute Gasteiger partial charge is 4.00 e. The molecule has 0 aliphatic carbocycles. The van der Waals surface area contributed by atoms with Crippen LogP contribution in [0, 0.1) is 0 Å². The van der Waals surface area contributed by atoms with Gasteiger partial charge in [-0.1, -0.05) is 0 Å². The molecule has 0 aromatic carbocycles. The van der Waals surface area contributed by atoms with E-state index in [4.69, 9.17) is 42.2 Å². The zero-order chi connectivity index (χ0) is 10.7. The van der Waals surface area contributed by atoms with Crippen LogP contribution in [-0.4, -0.2) is 27.5 Å². The minimum Gasteiger partial charge on any atom is -0.672 e. The maximum Gasteiger partial charge on any atom is 4.00 e. The Kier molecular flexibility index (Phi) is 71.1. The standard InChI is InChI=1S/2Na.3O3Si.Zr/c;;3*1-4(2)3;/q2*+1;3*-2;+4. The molecular formula is Na2O9Si3Zr. The third-order valence-corrected chi connectivity index (χ3v) is 0. The summed E-state index contributed by atoms with van der Waals surface area (Å²) >= 11 is 0. The van der Waals surface area contributed by atoms with Crippen LogP contribution in [0.4, 0.5) is 0 Å². The van der Waals surface area contributed by atoms with E-state index in [0.29, 0.717) is 0 Å². The van der Waals surface area contributed by atoms with E-state index in [0.717, 1.165) is 0 Å². The van der Waals surface area contributed by atoms with Gasteiger partial charge in [-0.25, -0.2) is 0 Å². The minimum absolute atomic E-state index is 0. The van der Waals surface area contributed by atoms with Crippen molar-refractivity contribution in [2.45, 2.75) is 0 Å². The molecule has 0 unspecified atom stereocenters. The first kappa shape index (κ1) is 36.0. The molecule has 0 atom stereocenters. The summed E-state index contributed by atoms with van der Waals surface area (Å²) in [6, 6.07) is 0. The Morgan fingerprint density at radius 2 is 0.533 bits per heavy atom. The normalized spacial score (nSPS) is 4.80. The van der Waals surface area contributed by atoms with Gasteiger partial charge < -0.3 is 42.2 Å². The fourth-order valence-corrected chi connectivity index (χ4v) is 0. The van der Waals surface area contributed by atoms with Crippen molar-refractivity contribution in [1.82, 2.24) is 0 Å². The molecule has 0 bridgehead atoms. The first-order valence-electron chi connectivity index (χ1n) is 1.84. The molecule has 9 nitrogen and oxygen atoms in total. The molecule has 0 rings (SSSR count). The Morgan fingerprint density at radius 1 is 0.533 bits per heavy atom. The maximum absolute atomic E-state index is 8.52. The van der Waals surface area contributed by atoms with Gasteiger partial charge >= 0.3 is 85.3 Å². The van der Waals surface area contributed by atoms with E-state index in [-0.39, 0.29) is 85.3 Å². The molecule has 0 aromatic rings. The molecule has 0 N–H and O–H groups in total. The topological polar surface area (TPSA) is 190 Å². The SMILES string of the molecule is O=[Si]([O-])[O-].O=[Si]([O-])[O-].O=[Si]([O-])[O-].[Na+].[Na+].[Zr+4]. The molecule has 0 fully saturated rings. The van der Waals surface area contributed by atoms with E-state index >= 15 is 0 Å². The second-order valence-electron chi connectivity index (χ2n) is 0.750. The van der Waals surface area contributed by atoms with Gasteiger partial charge in [-0.05, 0) is 0 Å². The average molecular weight is 365 g/mol. The average Bonchev–Trinajstić information content (AvgIpc) is 1.54. The fourth-order valence-electron chi connectivity index (χ4n) is 0. The molecule has 0 saturated heterocycles. The first-order chi connectivity index (χ1) is 5.20. The van der Waals surface area contributed by atoms with E-state index in [1.165, 1.54) is 0 Å². The van der Waals surface area contributed by atoms with E-state index in [2.05, 4.69) is 0 Å². The smallest absolute Gasteiger partial charge is 0.672 e. The quantitative estimate of drug-likeness (QED) is 0.375. The summed E-state index contributed by atoms with van der Waals surface area (Å²) in [4.78, 5) is 51.1. The Hall–Kier alpha value is 1.73. The molecule has 0 heterocycles. The van der Waals surface area contributed by atoms with Gasteiger partial charge in [0.1, 0.15) is 0 Å². The molecule has 0 aliphatic heterocycles. The van der Waals surface area contributed by atoms with Crippen molar-refractivity contribution in [2.24, 2.45) is 0 Å². The van der Waals surface area contributed by atoms with Gasteiger partial charge in [0.25, 0.3) is 0 Å². The van der Waals surface area contributed by atoms with Crippen molar-refractivity contribution < 1.29 is 127 Å². The van der Waals surface area contributed by atoms with Crippen LogP contribution in [-0.2, 0) is 39.6 Å². The van der Waals surface area contributed by atoms with Crippen LogP contribution in [0.25, 0.3) is 0 Å². The maximum atomic E-state index is 8.52. The summed E-state index contributed by atoms with van der Waals surface area (Å²) in [5.41, 5.74) is 0. The Morgan fingerprint density at radius 3 is 0.533 bits per heavy atom. The van der Waals surface area contributed by atoms with Crippen LogP contribution in [0.2, 0.25) is 0 Å². The minimum atomic E-state index is -3.63. The van der Waals surface area contributed by atoms with Crippen LogP contribution in [0.5, 0.6) is 0 Å². The van der Waals surface area contributed by atoms with Crippen molar-refractivity contribution in [3.05, 3.63) is 0 Å². The van der Waals surface area contributed by atoms with Gasteiger partial charge in [0.15, 0.2) is 0 Å². The molecule has 15 heavy (non-hydrogen) atoms. The third-order valence-electron chi connectivity index (χ3n) is 0. The molecule has 0 aliphatic rings. The number of rotatable bonds is 0. The van der Waals surface area contributed by atoms with Crippen molar-refractivity contribution in [3.8, 4) is 0 Å².